The van der Waals surface area contributed by atoms with Crippen molar-refractivity contribution in [2.75, 3.05) is 5.32 Å². The highest BCUT2D eigenvalue weighted by molar-refractivity contribution is 6.34. The Labute approximate surface area is 150 Å². The molecule has 1 N–H and O–H groups in total. The van der Waals surface area contributed by atoms with Crippen LogP contribution in [0.25, 0.3) is 5.69 Å². The van der Waals surface area contributed by atoms with Gasteiger partial charge in [0.25, 0.3) is 5.91 Å². The molecule has 0 aliphatic carbocycles. The van der Waals surface area contributed by atoms with Crippen molar-refractivity contribution in [2.45, 2.75) is 20.8 Å². The van der Waals surface area contributed by atoms with Gasteiger partial charge in [-0.1, -0.05) is 17.7 Å². The molecule has 128 valence electrons. The molecule has 2 aromatic carbocycles. The lowest BCUT2D eigenvalue weighted by molar-refractivity contribution is 0.102. The highest BCUT2D eigenvalue weighted by Gasteiger charge is 2.21. The van der Waals surface area contributed by atoms with E-state index >= 15 is 0 Å². The number of aryl methyl sites for hydroxylation is 3. The SMILES string of the molecule is Cc1cc(C)cc(NC(=O)c2c(C)nn(-c3ccc(F)cc3)c2Cl)c1. The number of anilines is 1. The second-order valence-electron chi connectivity index (χ2n) is 5.97. The number of nitrogens with one attached hydrogen (secondary N) is 1. The fraction of sp³-hybridized carbons (Fsp3) is 0.158. The highest BCUT2D eigenvalue weighted by Crippen LogP contribution is 2.25. The van der Waals surface area contributed by atoms with Crippen molar-refractivity contribution in [1.82, 2.24) is 9.78 Å². The maximum absolute atomic E-state index is 13.1. The number of rotatable bonds is 3. The van der Waals surface area contributed by atoms with Crippen LogP contribution in [0.2, 0.25) is 5.15 Å². The molecule has 4 nitrogen and oxygen atoms in total. The number of aromatic nitrogens is 2. The third kappa shape index (κ3) is 3.56. The maximum Gasteiger partial charge on any atom is 0.260 e. The van der Waals surface area contributed by atoms with Gasteiger partial charge in [0.15, 0.2) is 0 Å². The van der Waals surface area contributed by atoms with Gasteiger partial charge in [-0.25, -0.2) is 9.07 Å². The molecule has 1 amide bonds. The lowest BCUT2D eigenvalue weighted by Crippen LogP contribution is -2.13. The van der Waals surface area contributed by atoms with Gasteiger partial charge in [-0.15, -0.1) is 0 Å². The van der Waals surface area contributed by atoms with E-state index in [1.807, 2.05) is 32.0 Å². The summed E-state index contributed by atoms with van der Waals surface area (Å²) in [4.78, 5) is 12.7. The second-order valence-corrected chi connectivity index (χ2v) is 6.33. The Morgan fingerprint density at radius 3 is 2.28 bits per heavy atom. The van der Waals surface area contributed by atoms with E-state index in [1.54, 1.807) is 19.1 Å². The topological polar surface area (TPSA) is 46.9 Å². The Bertz CT molecular complexity index is 928. The average Bonchev–Trinajstić information content (AvgIpc) is 2.82. The minimum Gasteiger partial charge on any atom is -0.322 e. The van der Waals surface area contributed by atoms with Gasteiger partial charge in [-0.3, -0.25) is 4.79 Å². The molecular formula is C19H17ClFN3O. The Balaban J connectivity index is 1.94. The number of benzene rings is 2. The van der Waals surface area contributed by atoms with Crippen molar-refractivity contribution in [3.05, 3.63) is 75.8 Å². The molecule has 25 heavy (non-hydrogen) atoms. The van der Waals surface area contributed by atoms with Crippen LogP contribution in [0.5, 0.6) is 0 Å². The molecule has 3 rings (SSSR count). The zero-order valence-corrected chi connectivity index (χ0v) is 14.9. The monoisotopic (exact) mass is 357 g/mol. The molecule has 0 saturated carbocycles. The van der Waals surface area contributed by atoms with Crippen LogP contribution in [0.3, 0.4) is 0 Å². The first kappa shape index (κ1) is 17.2. The summed E-state index contributed by atoms with van der Waals surface area (Å²) in [5, 5.41) is 7.35. The Kier molecular flexibility index (Phi) is 4.59. The average molecular weight is 358 g/mol. The van der Waals surface area contributed by atoms with Crippen molar-refractivity contribution in [3.63, 3.8) is 0 Å². The quantitative estimate of drug-likeness (QED) is 0.728. The molecule has 6 heteroatoms. The van der Waals surface area contributed by atoms with Crippen LogP contribution in [0.4, 0.5) is 10.1 Å². The Morgan fingerprint density at radius 1 is 1.08 bits per heavy atom. The number of nitrogens with zero attached hydrogens (tertiary/aromatic N) is 2. The fourth-order valence-electron chi connectivity index (χ4n) is 2.75. The van der Waals surface area contributed by atoms with E-state index in [4.69, 9.17) is 11.6 Å². The molecule has 1 heterocycles. The predicted molar refractivity (Wildman–Crippen MR) is 97.1 cm³/mol. The van der Waals surface area contributed by atoms with Crippen LogP contribution in [0.1, 0.15) is 27.2 Å². The second kappa shape index (κ2) is 6.69. The summed E-state index contributed by atoms with van der Waals surface area (Å²) in [6.07, 6.45) is 0. The van der Waals surface area contributed by atoms with E-state index in [-0.39, 0.29) is 16.9 Å². The van der Waals surface area contributed by atoms with E-state index in [0.29, 0.717) is 22.6 Å². The summed E-state index contributed by atoms with van der Waals surface area (Å²) in [5.74, 6) is -0.683. The molecule has 0 spiro atoms. The molecule has 0 atom stereocenters. The first-order valence-electron chi connectivity index (χ1n) is 7.76. The van der Waals surface area contributed by atoms with Crippen LogP contribution in [0, 0.1) is 26.6 Å². The van der Waals surface area contributed by atoms with Gasteiger partial charge >= 0.3 is 0 Å². The van der Waals surface area contributed by atoms with Crippen molar-refractivity contribution in [1.29, 1.82) is 0 Å². The highest BCUT2D eigenvalue weighted by atomic mass is 35.5. The third-order valence-electron chi connectivity index (χ3n) is 3.78. The number of carbonyl (C=O) groups is 1. The summed E-state index contributed by atoms with van der Waals surface area (Å²) < 4.78 is 14.5. The molecule has 0 bridgehead atoms. The molecule has 0 aliphatic rings. The summed E-state index contributed by atoms with van der Waals surface area (Å²) in [7, 11) is 0. The zero-order chi connectivity index (χ0) is 18.1. The molecule has 0 radical (unpaired) electrons. The van der Waals surface area contributed by atoms with E-state index in [1.165, 1.54) is 16.8 Å². The van der Waals surface area contributed by atoms with Crippen LogP contribution < -0.4 is 5.32 Å². The molecule has 0 aliphatic heterocycles. The molecule has 1 aromatic heterocycles. The molecule has 0 unspecified atom stereocenters. The van der Waals surface area contributed by atoms with Crippen molar-refractivity contribution < 1.29 is 9.18 Å². The number of hydrogen-bond acceptors (Lipinski definition) is 2. The van der Waals surface area contributed by atoms with Crippen molar-refractivity contribution in [3.8, 4) is 5.69 Å². The van der Waals surface area contributed by atoms with Gasteiger partial charge in [-0.05, 0) is 68.3 Å². The summed E-state index contributed by atoms with van der Waals surface area (Å²) in [6, 6.07) is 11.5. The fourth-order valence-corrected chi connectivity index (χ4v) is 3.11. The van der Waals surface area contributed by atoms with E-state index in [9.17, 15) is 9.18 Å². The molecule has 0 fully saturated rings. The van der Waals surface area contributed by atoms with Gasteiger partial charge in [0.05, 0.1) is 11.4 Å². The van der Waals surface area contributed by atoms with Gasteiger partial charge in [0.1, 0.15) is 16.5 Å². The Morgan fingerprint density at radius 2 is 1.68 bits per heavy atom. The first-order chi connectivity index (χ1) is 11.8. The van der Waals surface area contributed by atoms with Crippen molar-refractivity contribution >= 4 is 23.2 Å². The lowest BCUT2D eigenvalue weighted by Gasteiger charge is -2.08. The van der Waals surface area contributed by atoms with Gasteiger partial charge in [0.2, 0.25) is 0 Å². The summed E-state index contributed by atoms with van der Waals surface area (Å²) in [6.45, 7) is 5.64. The molecule has 0 saturated heterocycles. The summed E-state index contributed by atoms with van der Waals surface area (Å²) >= 11 is 6.37. The minimum absolute atomic E-state index is 0.186. The normalized spacial score (nSPS) is 10.8. The molecule has 3 aromatic rings. The van der Waals surface area contributed by atoms with Crippen molar-refractivity contribution in [2.24, 2.45) is 0 Å². The van der Waals surface area contributed by atoms with Crippen LogP contribution in [-0.4, -0.2) is 15.7 Å². The lowest BCUT2D eigenvalue weighted by atomic mass is 10.1. The van der Waals surface area contributed by atoms with Gasteiger partial charge < -0.3 is 5.32 Å². The summed E-state index contributed by atoms with van der Waals surface area (Å²) in [5.41, 5.74) is 4.19. The van der Waals surface area contributed by atoms with E-state index < -0.39 is 0 Å². The maximum atomic E-state index is 13.1. The smallest absolute Gasteiger partial charge is 0.260 e. The number of halogens is 2. The van der Waals surface area contributed by atoms with Crippen LogP contribution in [-0.2, 0) is 0 Å². The van der Waals surface area contributed by atoms with Gasteiger partial charge in [0, 0.05) is 5.69 Å². The Hall–Kier alpha value is -2.66. The number of hydrogen-bond donors (Lipinski definition) is 1. The first-order valence-corrected chi connectivity index (χ1v) is 8.13. The van der Waals surface area contributed by atoms with Crippen LogP contribution >= 0.6 is 11.6 Å². The zero-order valence-electron chi connectivity index (χ0n) is 14.1. The molecular weight excluding hydrogens is 341 g/mol. The van der Waals surface area contributed by atoms with Gasteiger partial charge in [-0.2, -0.15) is 5.10 Å². The third-order valence-corrected chi connectivity index (χ3v) is 4.13. The van der Waals surface area contributed by atoms with Crippen LogP contribution in [0.15, 0.2) is 42.5 Å². The predicted octanol–water partition coefficient (Wildman–Crippen LogP) is 4.84. The number of carbonyl (C=O) groups excluding carboxylic acids is 1. The number of amides is 1. The van der Waals surface area contributed by atoms with E-state index in [2.05, 4.69) is 10.4 Å². The standard InChI is InChI=1S/C19H17ClFN3O/c1-11-8-12(2)10-15(9-11)22-19(25)17-13(3)23-24(18(17)20)16-6-4-14(21)5-7-16/h4-10H,1-3H3,(H,22,25). The largest absolute Gasteiger partial charge is 0.322 e. The van der Waals surface area contributed by atoms with E-state index in [0.717, 1.165) is 11.1 Å². The minimum atomic E-state index is -0.350.